The van der Waals surface area contributed by atoms with Gasteiger partial charge in [0.2, 0.25) is 0 Å². The number of hydrogen-bond acceptors (Lipinski definition) is 1. The Balaban J connectivity index is 2.20. The van der Waals surface area contributed by atoms with Crippen LogP contribution in [0.25, 0.3) is 0 Å². The molecule has 0 spiro atoms. The van der Waals surface area contributed by atoms with E-state index in [1.165, 1.54) is 6.42 Å². The van der Waals surface area contributed by atoms with E-state index in [-0.39, 0.29) is 0 Å². The van der Waals surface area contributed by atoms with Crippen LogP contribution in [0.1, 0.15) is 32.6 Å². The maximum Gasteiger partial charge on any atom is 0.0465 e. The third kappa shape index (κ3) is 1.84. The zero-order valence-corrected chi connectivity index (χ0v) is 9.45. The van der Waals surface area contributed by atoms with Crippen LogP contribution >= 0.6 is 0 Å². The molecular formula is C14H20O. The molecule has 2 aliphatic carbocycles. The predicted octanol–water partition coefficient (Wildman–Crippen LogP) is 2.61. The molecule has 0 aromatic rings. The van der Waals surface area contributed by atoms with E-state index in [0.717, 1.165) is 19.3 Å². The molecule has 4 atom stereocenters. The number of terminal acetylenes is 1. The smallest absolute Gasteiger partial charge is 0.0465 e. The number of rotatable bonds is 1. The number of fused-ring (bicyclic) bond motifs is 1. The summed E-state index contributed by atoms with van der Waals surface area (Å²) in [4.78, 5) is 0. The average molecular weight is 204 g/mol. The van der Waals surface area contributed by atoms with Gasteiger partial charge in [0.15, 0.2) is 0 Å². The highest BCUT2D eigenvalue weighted by Gasteiger charge is 2.42. The van der Waals surface area contributed by atoms with E-state index in [0.29, 0.717) is 29.8 Å². The minimum absolute atomic E-state index is 0.291. The molecule has 15 heavy (non-hydrogen) atoms. The van der Waals surface area contributed by atoms with E-state index < -0.39 is 0 Å². The van der Waals surface area contributed by atoms with E-state index in [1.54, 1.807) is 0 Å². The van der Waals surface area contributed by atoms with Gasteiger partial charge in [0, 0.05) is 12.5 Å². The maximum absolute atomic E-state index is 9.42. The topological polar surface area (TPSA) is 20.2 Å². The van der Waals surface area contributed by atoms with Gasteiger partial charge in [0.05, 0.1) is 0 Å². The largest absolute Gasteiger partial charge is 0.396 e. The third-order valence-corrected chi connectivity index (χ3v) is 4.39. The van der Waals surface area contributed by atoms with Crippen molar-refractivity contribution in [2.75, 3.05) is 6.61 Å². The monoisotopic (exact) mass is 204 g/mol. The molecule has 0 radical (unpaired) electrons. The zero-order valence-electron chi connectivity index (χ0n) is 9.45. The van der Waals surface area contributed by atoms with Crippen LogP contribution in [0.3, 0.4) is 0 Å². The Labute approximate surface area is 92.6 Å². The lowest BCUT2D eigenvalue weighted by Gasteiger charge is -2.47. The summed E-state index contributed by atoms with van der Waals surface area (Å²) in [5.41, 5.74) is 0.291. The van der Waals surface area contributed by atoms with Crippen molar-refractivity contribution in [2.45, 2.75) is 32.6 Å². The molecule has 0 bridgehead atoms. The fourth-order valence-electron chi connectivity index (χ4n) is 3.33. The van der Waals surface area contributed by atoms with E-state index in [9.17, 15) is 5.11 Å². The Kier molecular flexibility index (Phi) is 2.89. The molecule has 1 saturated carbocycles. The minimum atomic E-state index is 0.291. The number of aliphatic hydroxyl groups is 1. The number of aliphatic hydroxyl groups excluding tert-OH is 1. The molecular weight excluding hydrogens is 184 g/mol. The van der Waals surface area contributed by atoms with E-state index in [2.05, 4.69) is 25.0 Å². The van der Waals surface area contributed by atoms with Crippen LogP contribution in [-0.2, 0) is 0 Å². The third-order valence-electron chi connectivity index (χ3n) is 4.39. The zero-order chi connectivity index (χ0) is 10.9. The van der Waals surface area contributed by atoms with Crippen molar-refractivity contribution >= 4 is 0 Å². The second-order valence-corrected chi connectivity index (χ2v) is 5.33. The second kappa shape index (κ2) is 4.02. The fraction of sp³-hybridized carbons (Fsp3) is 0.714. The van der Waals surface area contributed by atoms with Gasteiger partial charge in [-0.1, -0.05) is 19.1 Å². The van der Waals surface area contributed by atoms with Crippen LogP contribution in [0.5, 0.6) is 0 Å². The first-order chi connectivity index (χ1) is 7.19. The van der Waals surface area contributed by atoms with Gasteiger partial charge in [-0.3, -0.25) is 0 Å². The summed E-state index contributed by atoms with van der Waals surface area (Å²) >= 11 is 0. The Bertz CT molecular complexity index is 299. The Morgan fingerprint density at radius 1 is 1.60 bits per heavy atom. The lowest BCUT2D eigenvalue weighted by Crippen LogP contribution is -2.40. The van der Waals surface area contributed by atoms with Crippen molar-refractivity contribution in [1.29, 1.82) is 0 Å². The fourth-order valence-corrected chi connectivity index (χ4v) is 3.33. The molecule has 2 rings (SSSR count). The Morgan fingerprint density at radius 3 is 3.07 bits per heavy atom. The summed E-state index contributed by atoms with van der Waals surface area (Å²) in [5.74, 6) is 4.34. The molecule has 1 nitrogen and oxygen atoms in total. The van der Waals surface area contributed by atoms with Crippen molar-refractivity contribution in [2.24, 2.45) is 23.2 Å². The summed E-state index contributed by atoms with van der Waals surface area (Å²) < 4.78 is 0. The standard InChI is InChI=1S/C14H20O/c1-3-11-6-8-14(2)7-4-5-12(10-15)13(14)9-11/h1,4,7,11-13,15H,5-6,8-10H2,2H3. The second-order valence-electron chi connectivity index (χ2n) is 5.33. The minimum Gasteiger partial charge on any atom is -0.396 e. The van der Waals surface area contributed by atoms with E-state index in [1.807, 2.05) is 0 Å². The van der Waals surface area contributed by atoms with Crippen LogP contribution in [0.2, 0.25) is 0 Å². The van der Waals surface area contributed by atoms with Crippen molar-refractivity contribution in [3.05, 3.63) is 12.2 Å². The first-order valence-electron chi connectivity index (χ1n) is 5.94. The highest BCUT2D eigenvalue weighted by Crippen LogP contribution is 2.50. The summed E-state index contributed by atoms with van der Waals surface area (Å²) in [6.07, 6.45) is 14.6. The van der Waals surface area contributed by atoms with E-state index >= 15 is 0 Å². The van der Waals surface area contributed by atoms with Gasteiger partial charge in [-0.25, -0.2) is 0 Å². The van der Waals surface area contributed by atoms with Crippen LogP contribution in [0.4, 0.5) is 0 Å². The van der Waals surface area contributed by atoms with Crippen molar-refractivity contribution in [3.63, 3.8) is 0 Å². The van der Waals surface area contributed by atoms with Crippen LogP contribution in [-0.4, -0.2) is 11.7 Å². The number of allylic oxidation sites excluding steroid dienone is 2. The predicted molar refractivity (Wildman–Crippen MR) is 62.1 cm³/mol. The molecule has 0 saturated heterocycles. The summed E-state index contributed by atoms with van der Waals surface area (Å²) in [6.45, 7) is 2.63. The first kappa shape index (κ1) is 10.8. The average Bonchev–Trinajstić information content (AvgIpc) is 2.27. The molecule has 82 valence electrons. The highest BCUT2D eigenvalue weighted by molar-refractivity contribution is 5.12. The molecule has 1 heteroatoms. The molecule has 0 aliphatic heterocycles. The molecule has 0 amide bonds. The van der Waals surface area contributed by atoms with Gasteiger partial charge in [0.25, 0.3) is 0 Å². The van der Waals surface area contributed by atoms with Crippen LogP contribution in [0, 0.1) is 35.5 Å². The van der Waals surface area contributed by atoms with Gasteiger partial charge < -0.3 is 5.11 Å². The van der Waals surface area contributed by atoms with Crippen molar-refractivity contribution in [3.8, 4) is 12.3 Å². The molecule has 0 aromatic heterocycles. The SMILES string of the molecule is C#CC1CCC2(C)C=CCC(CO)C2C1. The molecule has 1 fully saturated rings. The van der Waals surface area contributed by atoms with Gasteiger partial charge in [-0.15, -0.1) is 12.3 Å². The maximum atomic E-state index is 9.42. The highest BCUT2D eigenvalue weighted by atomic mass is 16.3. The Hall–Kier alpha value is -0.740. The van der Waals surface area contributed by atoms with Crippen LogP contribution in [0.15, 0.2) is 12.2 Å². The first-order valence-corrected chi connectivity index (χ1v) is 5.94. The molecule has 2 aliphatic rings. The summed E-state index contributed by atoms with van der Waals surface area (Å²) in [6, 6.07) is 0. The van der Waals surface area contributed by atoms with Gasteiger partial charge in [-0.2, -0.15) is 0 Å². The van der Waals surface area contributed by atoms with Crippen molar-refractivity contribution < 1.29 is 5.11 Å². The van der Waals surface area contributed by atoms with Gasteiger partial charge in [0.1, 0.15) is 0 Å². The lowest BCUT2D eigenvalue weighted by molar-refractivity contribution is 0.0471. The van der Waals surface area contributed by atoms with Crippen LogP contribution < -0.4 is 0 Å². The lowest BCUT2D eigenvalue weighted by atomic mass is 9.57. The normalized spacial score (nSPS) is 44.5. The van der Waals surface area contributed by atoms with Crippen molar-refractivity contribution in [1.82, 2.24) is 0 Å². The summed E-state index contributed by atoms with van der Waals surface area (Å²) in [5, 5.41) is 9.42. The Morgan fingerprint density at radius 2 is 2.40 bits per heavy atom. The molecule has 0 heterocycles. The quantitative estimate of drug-likeness (QED) is 0.514. The molecule has 1 N–H and O–H groups in total. The summed E-state index contributed by atoms with van der Waals surface area (Å²) in [7, 11) is 0. The van der Waals surface area contributed by atoms with Gasteiger partial charge in [-0.05, 0) is 42.9 Å². The van der Waals surface area contributed by atoms with Gasteiger partial charge >= 0.3 is 0 Å². The van der Waals surface area contributed by atoms with E-state index in [4.69, 9.17) is 6.42 Å². The molecule has 0 aromatic carbocycles. The number of hydrogen-bond donors (Lipinski definition) is 1. The molecule has 4 unspecified atom stereocenters.